The number of benzene rings is 1. The molecule has 0 aliphatic heterocycles. The van der Waals surface area contributed by atoms with Crippen LogP contribution < -0.4 is 10.1 Å². The Morgan fingerprint density at radius 2 is 2.06 bits per heavy atom. The maximum Gasteiger partial charge on any atom is 0.260 e. The van der Waals surface area contributed by atoms with E-state index in [1.807, 2.05) is 7.05 Å². The zero-order chi connectivity index (χ0) is 12.7. The Balaban J connectivity index is 2.34. The molecule has 0 fully saturated rings. The summed E-state index contributed by atoms with van der Waals surface area (Å²) in [5, 5.41) is 2.96. The molecule has 0 atom stereocenters. The lowest BCUT2D eigenvalue weighted by molar-refractivity contribution is -0.131. The third-order valence-corrected chi connectivity index (χ3v) is 2.30. The molecule has 0 unspecified atom stereocenters. The Morgan fingerprint density at radius 1 is 1.41 bits per heavy atom. The summed E-state index contributed by atoms with van der Waals surface area (Å²) < 4.78 is 17.9. The van der Waals surface area contributed by atoms with Crippen molar-refractivity contribution in [2.75, 3.05) is 33.8 Å². The highest BCUT2D eigenvalue weighted by atomic mass is 19.1. The number of carbonyl (C=O) groups is 1. The van der Waals surface area contributed by atoms with Crippen molar-refractivity contribution in [3.63, 3.8) is 0 Å². The molecule has 94 valence electrons. The Hall–Kier alpha value is -1.62. The Bertz CT molecular complexity index is 354. The van der Waals surface area contributed by atoms with E-state index in [2.05, 4.69) is 5.32 Å². The molecule has 17 heavy (non-hydrogen) atoms. The van der Waals surface area contributed by atoms with E-state index in [0.717, 1.165) is 6.54 Å². The van der Waals surface area contributed by atoms with Gasteiger partial charge in [-0.25, -0.2) is 4.39 Å². The zero-order valence-electron chi connectivity index (χ0n) is 10.1. The van der Waals surface area contributed by atoms with Gasteiger partial charge in [-0.15, -0.1) is 0 Å². The molecule has 1 aromatic carbocycles. The second-order valence-corrected chi connectivity index (χ2v) is 3.66. The molecule has 0 radical (unpaired) electrons. The maximum atomic E-state index is 12.6. The Kier molecular flexibility index (Phi) is 5.42. The molecular formula is C12H17FN2O2. The predicted octanol–water partition coefficient (Wildman–Crippen LogP) is 0.882. The molecule has 4 nitrogen and oxygen atoms in total. The van der Waals surface area contributed by atoms with Gasteiger partial charge in [0.15, 0.2) is 6.61 Å². The van der Waals surface area contributed by atoms with E-state index in [0.29, 0.717) is 12.3 Å². The molecule has 1 rings (SSSR count). The number of likely N-dealkylation sites (N-methyl/N-ethyl adjacent to an activating group) is 2. The van der Waals surface area contributed by atoms with Gasteiger partial charge in [0, 0.05) is 20.1 Å². The SMILES string of the molecule is CNCCN(C)C(=O)COc1ccc(F)cc1. The summed E-state index contributed by atoms with van der Waals surface area (Å²) in [5.41, 5.74) is 0. The highest BCUT2D eigenvalue weighted by Crippen LogP contribution is 2.10. The van der Waals surface area contributed by atoms with Gasteiger partial charge in [-0.05, 0) is 31.3 Å². The van der Waals surface area contributed by atoms with Gasteiger partial charge in [-0.2, -0.15) is 0 Å². The van der Waals surface area contributed by atoms with Crippen molar-refractivity contribution in [3.05, 3.63) is 30.1 Å². The van der Waals surface area contributed by atoms with Crippen molar-refractivity contribution in [3.8, 4) is 5.75 Å². The Morgan fingerprint density at radius 3 is 2.65 bits per heavy atom. The molecule has 1 N–H and O–H groups in total. The van der Waals surface area contributed by atoms with Crippen molar-refractivity contribution in [1.29, 1.82) is 0 Å². The van der Waals surface area contributed by atoms with E-state index in [1.165, 1.54) is 24.3 Å². The summed E-state index contributed by atoms with van der Waals surface area (Å²) in [5.74, 6) is 0.0566. The summed E-state index contributed by atoms with van der Waals surface area (Å²) in [6.07, 6.45) is 0. The minimum Gasteiger partial charge on any atom is -0.484 e. The largest absolute Gasteiger partial charge is 0.484 e. The first-order chi connectivity index (χ1) is 8.13. The van der Waals surface area contributed by atoms with Gasteiger partial charge in [-0.1, -0.05) is 0 Å². The van der Waals surface area contributed by atoms with Gasteiger partial charge in [0.25, 0.3) is 5.91 Å². The molecule has 0 bridgehead atoms. The second-order valence-electron chi connectivity index (χ2n) is 3.66. The quantitative estimate of drug-likeness (QED) is 0.802. The lowest BCUT2D eigenvalue weighted by Crippen LogP contribution is -2.35. The molecule has 0 saturated carbocycles. The fraction of sp³-hybridized carbons (Fsp3) is 0.417. The number of hydrogen-bond donors (Lipinski definition) is 1. The van der Waals surface area contributed by atoms with Crippen molar-refractivity contribution in [1.82, 2.24) is 10.2 Å². The first-order valence-corrected chi connectivity index (χ1v) is 5.40. The fourth-order valence-corrected chi connectivity index (χ4v) is 1.19. The van der Waals surface area contributed by atoms with Crippen LogP contribution in [0.5, 0.6) is 5.75 Å². The summed E-state index contributed by atoms with van der Waals surface area (Å²) >= 11 is 0. The monoisotopic (exact) mass is 240 g/mol. The zero-order valence-corrected chi connectivity index (χ0v) is 10.1. The minimum atomic E-state index is -0.324. The summed E-state index contributed by atoms with van der Waals surface area (Å²) in [6, 6.07) is 5.58. The first-order valence-electron chi connectivity index (χ1n) is 5.40. The van der Waals surface area contributed by atoms with E-state index in [-0.39, 0.29) is 18.3 Å². The standard InChI is InChI=1S/C12H17FN2O2/c1-14-7-8-15(2)12(16)9-17-11-5-3-10(13)4-6-11/h3-6,14H,7-9H2,1-2H3. The molecule has 0 heterocycles. The molecule has 5 heteroatoms. The molecular weight excluding hydrogens is 223 g/mol. The summed E-state index contributed by atoms with van der Waals surface area (Å²) in [6.45, 7) is 1.33. The third-order valence-electron chi connectivity index (χ3n) is 2.30. The second kappa shape index (κ2) is 6.85. The van der Waals surface area contributed by atoms with Crippen LogP contribution in [0.1, 0.15) is 0 Å². The van der Waals surface area contributed by atoms with Crippen LogP contribution >= 0.6 is 0 Å². The number of amides is 1. The number of ether oxygens (including phenoxy) is 1. The molecule has 0 aliphatic rings. The average molecular weight is 240 g/mol. The van der Waals surface area contributed by atoms with Gasteiger partial charge in [0.2, 0.25) is 0 Å². The normalized spacial score (nSPS) is 10.1. The molecule has 1 amide bonds. The van der Waals surface area contributed by atoms with Crippen molar-refractivity contribution >= 4 is 5.91 Å². The first kappa shape index (κ1) is 13.4. The van der Waals surface area contributed by atoms with Gasteiger partial charge in [0.1, 0.15) is 11.6 Å². The smallest absolute Gasteiger partial charge is 0.260 e. The van der Waals surface area contributed by atoms with Gasteiger partial charge < -0.3 is 15.0 Å². The van der Waals surface area contributed by atoms with Crippen molar-refractivity contribution < 1.29 is 13.9 Å². The van der Waals surface area contributed by atoms with Crippen LogP contribution in [0, 0.1) is 5.82 Å². The molecule has 1 aromatic rings. The van der Waals surface area contributed by atoms with Crippen LogP contribution in [-0.2, 0) is 4.79 Å². The van der Waals surface area contributed by atoms with E-state index >= 15 is 0 Å². The number of carbonyl (C=O) groups excluding carboxylic acids is 1. The van der Waals surface area contributed by atoms with Crippen molar-refractivity contribution in [2.24, 2.45) is 0 Å². The summed E-state index contributed by atoms with van der Waals surface area (Å²) in [4.78, 5) is 13.2. The van der Waals surface area contributed by atoms with Crippen LogP contribution in [0.4, 0.5) is 4.39 Å². The predicted molar refractivity (Wildman–Crippen MR) is 63.5 cm³/mol. The van der Waals surface area contributed by atoms with Crippen LogP contribution in [0.25, 0.3) is 0 Å². The summed E-state index contributed by atoms with van der Waals surface area (Å²) in [7, 11) is 3.54. The highest BCUT2D eigenvalue weighted by molar-refractivity contribution is 5.77. The lowest BCUT2D eigenvalue weighted by atomic mass is 10.3. The number of nitrogens with zero attached hydrogens (tertiary/aromatic N) is 1. The number of rotatable bonds is 6. The number of nitrogens with one attached hydrogen (secondary N) is 1. The van der Waals surface area contributed by atoms with E-state index in [9.17, 15) is 9.18 Å². The minimum absolute atomic E-state index is 0.0359. The van der Waals surface area contributed by atoms with Gasteiger partial charge in [0.05, 0.1) is 0 Å². The molecule has 0 aliphatic carbocycles. The van der Waals surface area contributed by atoms with Crippen LogP contribution in [0.15, 0.2) is 24.3 Å². The van der Waals surface area contributed by atoms with Gasteiger partial charge in [-0.3, -0.25) is 4.79 Å². The molecule has 0 aromatic heterocycles. The average Bonchev–Trinajstić information content (AvgIpc) is 2.34. The van der Waals surface area contributed by atoms with Crippen LogP contribution in [0.2, 0.25) is 0 Å². The van der Waals surface area contributed by atoms with Gasteiger partial charge >= 0.3 is 0 Å². The molecule has 0 spiro atoms. The van der Waals surface area contributed by atoms with Crippen LogP contribution in [-0.4, -0.2) is 44.6 Å². The lowest BCUT2D eigenvalue weighted by Gasteiger charge is -2.17. The Labute approximate surface area is 100 Å². The van der Waals surface area contributed by atoms with E-state index in [1.54, 1.807) is 11.9 Å². The number of halogens is 1. The fourth-order valence-electron chi connectivity index (χ4n) is 1.19. The van der Waals surface area contributed by atoms with Crippen molar-refractivity contribution in [2.45, 2.75) is 0 Å². The topological polar surface area (TPSA) is 41.6 Å². The van der Waals surface area contributed by atoms with E-state index in [4.69, 9.17) is 4.74 Å². The third kappa shape index (κ3) is 4.82. The van der Waals surface area contributed by atoms with E-state index < -0.39 is 0 Å². The highest BCUT2D eigenvalue weighted by Gasteiger charge is 2.08. The number of hydrogen-bond acceptors (Lipinski definition) is 3. The van der Waals surface area contributed by atoms with Crippen LogP contribution in [0.3, 0.4) is 0 Å². The maximum absolute atomic E-state index is 12.6. The molecule has 0 saturated heterocycles.